The highest BCUT2D eigenvalue weighted by Crippen LogP contribution is 2.38. The number of nitrogens with one attached hydrogen (secondary N) is 1. The van der Waals surface area contributed by atoms with E-state index in [1.807, 2.05) is 39.4 Å². The monoisotopic (exact) mass is 1100 g/mol. The smallest absolute Gasteiger partial charge is 0.306 e. The molecule has 0 saturated heterocycles. The van der Waals surface area contributed by atoms with Gasteiger partial charge in [-0.25, -0.2) is 0 Å². The summed E-state index contributed by atoms with van der Waals surface area (Å²) < 4.78 is 30.2. The molecule has 0 spiro atoms. The van der Waals surface area contributed by atoms with Gasteiger partial charge in [0.1, 0.15) is 19.3 Å². The maximum atomic E-state index is 13.5. The van der Waals surface area contributed by atoms with Crippen LogP contribution in [0.3, 0.4) is 0 Å². The van der Waals surface area contributed by atoms with Gasteiger partial charge < -0.3 is 28.5 Å². The van der Waals surface area contributed by atoms with E-state index in [2.05, 4.69) is 135 Å². The van der Waals surface area contributed by atoms with Gasteiger partial charge in [-0.15, -0.1) is 0 Å². The maximum Gasteiger partial charge on any atom is 0.306 e. The first kappa shape index (κ1) is 74.2. The van der Waals surface area contributed by atoms with Crippen molar-refractivity contribution in [2.24, 2.45) is 0 Å². The van der Waals surface area contributed by atoms with E-state index in [9.17, 15) is 19.0 Å². The average Bonchev–Trinajstić information content (AvgIpc) is 3.41. The molecule has 0 aliphatic carbocycles. The minimum Gasteiger partial charge on any atom is -0.756 e. The Morgan fingerprint density at radius 2 is 0.833 bits per heavy atom. The molecule has 0 aromatic rings. The number of phosphoric ester groups is 1. The van der Waals surface area contributed by atoms with E-state index in [-0.39, 0.29) is 31.3 Å². The molecule has 0 heterocycles. The number of unbranched alkanes of at least 4 members (excludes halogenated alkanes) is 18. The summed E-state index contributed by atoms with van der Waals surface area (Å²) in [6, 6.07) is -0.939. The summed E-state index contributed by atoms with van der Waals surface area (Å²) in [5, 5.41) is 2.97. The molecule has 0 aromatic heterocycles. The Kier molecular flexibility index (Phi) is 53.6. The molecule has 0 saturated carbocycles. The van der Waals surface area contributed by atoms with Crippen molar-refractivity contribution >= 4 is 19.7 Å². The van der Waals surface area contributed by atoms with Crippen LogP contribution in [0.25, 0.3) is 0 Å². The highest BCUT2D eigenvalue weighted by atomic mass is 31.2. The molecule has 0 rings (SSSR count). The predicted octanol–water partition coefficient (Wildman–Crippen LogP) is 18.6. The Morgan fingerprint density at radius 3 is 1.26 bits per heavy atom. The van der Waals surface area contributed by atoms with Gasteiger partial charge in [0.15, 0.2) is 0 Å². The third-order valence-corrected chi connectivity index (χ3v) is 13.8. The number of carbonyl (C=O) groups excluding carboxylic acids is 2. The number of esters is 1. The molecule has 1 N–H and O–H groups in total. The van der Waals surface area contributed by atoms with Crippen LogP contribution < -0.4 is 10.2 Å². The number of phosphoric acid groups is 1. The summed E-state index contributed by atoms with van der Waals surface area (Å²) >= 11 is 0. The maximum absolute atomic E-state index is 13.5. The molecular formula is C68H115N2O7P. The van der Waals surface area contributed by atoms with Gasteiger partial charge in [0.2, 0.25) is 5.91 Å². The van der Waals surface area contributed by atoms with Crippen LogP contribution in [-0.2, 0) is 27.9 Å². The molecule has 0 aliphatic rings. The lowest BCUT2D eigenvalue weighted by atomic mass is 10.1. The molecule has 78 heavy (non-hydrogen) atoms. The molecule has 10 heteroatoms. The molecule has 0 aromatic carbocycles. The van der Waals surface area contributed by atoms with Crippen molar-refractivity contribution in [2.45, 2.75) is 245 Å². The highest BCUT2D eigenvalue weighted by Gasteiger charge is 2.27. The second kappa shape index (κ2) is 56.4. The largest absolute Gasteiger partial charge is 0.756 e. The Bertz CT molecular complexity index is 1800. The van der Waals surface area contributed by atoms with Crippen LogP contribution in [0, 0.1) is 0 Å². The Balaban J connectivity index is 5.25. The van der Waals surface area contributed by atoms with E-state index in [1.165, 1.54) is 77.0 Å². The lowest BCUT2D eigenvalue weighted by molar-refractivity contribution is -0.870. The fraction of sp³-hybridized carbons (Fsp3) is 0.647. The first-order valence-electron chi connectivity index (χ1n) is 31.0. The number of hydrogen-bond donors (Lipinski definition) is 1. The van der Waals surface area contributed by atoms with E-state index in [1.54, 1.807) is 6.08 Å². The second-order valence-corrected chi connectivity index (χ2v) is 22.9. The zero-order valence-electron chi connectivity index (χ0n) is 50.6. The third-order valence-electron chi connectivity index (χ3n) is 12.8. The minimum absolute atomic E-state index is 0.0436. The minimum atomic E-state index is -4.73. The molecule has 0 radical (unpaired) electrons. The molecule has 3 unspecified atom stereocenters. The highest BCUT2D eigenvalue weighted by molar-refractivity contribution is 7.45. The topological polar surface area (TPSA) is 114 Å². The molecule has 9 nitrogen and oxygen atoms in total. The van der Waals surface area contributed by atoms with Crippen LogP contribution in [0.15, 0.2) is 134 Å². The quantitative estimate of drug-likeness (QED) is 0.0212. The summed E-state index contributed by atoms with van der Waals surface area (Å²) in [6.07, 6.45) is 80.2. The normalized spacial score (nSPS) is 14.6. The number of ether oxygens (including phenoxy) is 1. The van der Waals surface area contributed by atoms with Gasteiger partial charge in [-0.05, 0) is 109 Å². The van der Waals surface area contributed by atoms with Gasteiger partial charge in [0, 0.05) is 12.8 Å². The van der Waals surface area contributed by atoms with Crippen molar-refractivity contribution in [2.75, 3.05) is 40.9 Å². The fourth-order valence-electron chi connectivity index (χ4n) is 8.12. The molecule has 0 bridgehead atoms. The number of quaternary nitrogens is 1. The first-order chi connectivity index (χ1) is 37.9. The Hall–Kier alpha value is -3.85. The SMILES string of the molecule is CC/C=C\C/C=C\C/C=C\C/C=C\C/C=C\CCCCCCCCCCCC(=O)OC(/C=C\CCCCCCCCCCC)C(COP(=O)([O-])OCC[N+](C)(C)C)NC(=O)CC/C=C/C/C=C/C/C=C/C/C=C/C/C=C/CC. The third kappa shape index (κ3) is 56.9. The van der Waals surface area contributed by atoms with Gasteiger partial charge in [-0.3, -0.25) is 14.2 Å². The van der Waals surface area contributed by atoms with E-state index in [0.29, 0.717) is 23.9 Å². The van der Waals surface area contributed by atoms with Crippen LogP contribution in [0.5, 0.6) is 0 Å². The number of nitrogens with zero attached hydrogens (tertiary/aromatic N) is 1. The zero-order valence-corrected chi connectivity index (χ0v) is 51.5. The van der Waals surface area contributed by atoms with Gasteiger partial charge >= 0.3 is 5.97 Å². The molecule has 444 valence electrons. The lowest BCUT2D eigenvalue weighted by Crippen LogP contribution is -2.47. The Labute approximate surface area is 479 Å². The Morgan fingerprint density at radius 1 is 0.462 bits per heavy atom. The number of rotatable bonds is 54. The predicted molar refractivity (Wildman–Crippen MR) is 334 cm³/mol. The van der Waals surface area contributed by atoms with Gasteiger partial charge in [0.25, 0.3) is 7.82 Å². The van der Waals surface area contributed by atoms with Crippen molar-refractivity contribution in [3.8, 4) is 0 Å². The summed E-state index contributed by atoms with van der Waals surface area (Å²) in [5.41, 5.74) is 0. The fourth-order valence-corrected chi connectivity index (χ4v) is 8.85. The molecule has 0 fully saturated rings. The number of likely N-dealkylation sites (N-methyl/N-ethyl adjacent to an activating group) is 1. The van der Waals surface area contributed by atoms with Crippen molar-refractivity contribution in [1.82, 2.24) is 5.32 Å². The van der Waals surface area contributed by atoms with E-state index in [4.69, 9.17) is 13.8 Å². The van der Waals surface area contributed by atoms with Crippen molar-refractivity contribution in [3.63, 3.8) is 0 Å². The van der Waals surface area contributed by atoms with Gasteiger partial charge in [0.05, 0.1) is 33.8 Å². The average molecular weight is 1100 g/mol. The van der Waals surface area contributed by atoms with Gasteiger partial charge in [-0.2, -0.15) is 0 Å². The van der Waals surface area contributed by atoms with Crippen molar-refractivity contribution in [3.05, 3.63) is 134 Å². The van der Waals surface area contributed by atoms with E-state index < -0.39 is 26.6 Å². The second-order valence-electron chi connectivity index (χ2n) is 21.4. The standard InChI is InChI=1S/C68H115N2O7P/c1-7-10-13-16-19-22-25-27-29-31-32-33-34-35-36-37-38-39-41-43-46-49-52-55-58-61-68(72)77-66(59-56-53-50-47-44-24-21-18-15-12-9-3)65(64-76-78(73,74)75-63-62-70(4,5)6)69-67(71)60-57-54-51-48-45-42-40-30-28-26-23-20-17-14-11-8-2/h10-11,13-14,19-20,22-23,27-30,32-33,35-36,42,45,51,54,56,59,65-66H,7-9,12,15-18,21,24-26,31,34,37-41,43-44,46-50,52-53,55,57-58,60-64H2,1-6H3,(H-,69,71,73,74)/b13-10-,14-11+,22-19-,23-20+,29-27-,30-28+,33-32-,36-35-,45-42+,54-51+,59-56-. The van der Waals surface area contributed by atoms with Crippen molar-refractivity contribution < 1.29 is 37.3 Å². The van der Waals surface area contributed by atoms with Crippen LogP contribution in [-0.4, -0.2) is 69.4 Å². The summed E-state index contributed by atoms with van der Waals surface area (Å²) in [4.78, 5) is 39.9. The van der Waals surface area contributed by atoms with Gasteiger partial charge in [-0.1, -0.05) is 245 Å². The number of amides is 1. The lowest BCUT2D eigenvalue weighted by Gasteiger charge is -2.30. The van der Waals surface area contributed by atoms with Crippen LogP contribution in [0.1, 0.15) is 233 Å². The molecular weight excluding hydrogens is 988 g/mol. The molecule has 3 atom stereocenters. The van der Waals surface area contributed by atoms with Crippen molar-refractivity contribution in [1.29, 1.82) is 0 Å². The zero-order chi connectivity index (χ0) is 57.2. The van der Waals surface area contributed by atoms with Crippen LogP contribution in [0.2, 0.25) is 0 Å². The van der Waals surface area contributed by atoms with E-state index >= 15 is 0 Å². The van der Waals surface area contributed by atoms with Crippen LogP contribution in [0.4, 0.5) is 0 Å². The number of carbonyl (C=O) groups is 2. The number of allylic oxidation sites excluding steroid dienone is 21. The van der Waals surface area contributed by atoms with E-state index in [0.717, 1.165) is 109 Å². The first-order valence-corrected chi connectivity index (χ1v) is 32.5. The summed E-state index contributed by atoms with van der Waals surface area (Å²) in [7, 11) is 1.12. The number of hydrogen-bond acceptors (Lipinski definition) is 7. The molecule has 0 aliphatic heterocycles. The summed E-state index contributed by atoms with van der Waals surface area (Å²) in [6.45, 7) is 6.52. The molecule has 1 amide bonds. The van der Waals surface area contributed by atoms with Crippen LogP contribution >= 0.6 is 7.82 Å². The summed E-state index contributed by atoms with van der Waals surface area (Å²) in [5.74, 6) is -0.655.